The van der Waals surface area contributed by atoms with Crippen LogP contribution in [0.4, 0.5) is 11.4 Å². The summed E-state index contributed by atoms with van der Waals surface area (Å²) in [7, 11) is -4.44. The second kappa shape index (κ2) is 8.57. The molecule has 0 heterocycles. The minimum atomic E-state index is -4.44. The molecule has 0 spiro atoms. The van der Waals surface area contributed by atoms with Gasteiger partial charge in [-0.1, -0.05) is 23.7 Å². The fourth-order valence-corrected chi connectivity index (χ4v) is 4.14. The van der Waals surface area contributed by atoms with E-state index in [0.29, 0.717) is 10.6 Å². The lowest BCUT2D eigenvalue weighted by Crippen LogP contribution is -2.37. The van der Waals surface area contributed by atoms with Gasteiger partial charge < -0.3 is 4.74 Å². The van der Waals surface area contributed by atoms with Gasteiger partial charge in [-0.25, -0.2) is 8.42 Å². The van der Waals surface area contributed by atoms with E-state index in [2.05, 4.69) is 0 Å². The van der Waals surface area contributed by atoms with Crippen LogP contribution in [0, 0.1) is 17.0 Å². The van der Waals surface area contributed by atoms with E-state index in [1.807, 2.05) is 0 Å². The Hall–Kier alpha value is -2.65. The van der Waals surface area contributed by atoms with Crippen LogP contribution in [0.25, 0.3) is 0 Å². The first-order chi connectivity index (χ1) is 13.0. The van der Waals surface area contributed by atoms with Crippen molar-refractivity contribution < 1.29 is 22.9 Å². The molecule has 0 fully saturated rings. The highest BCUT2D eigenvalue weighted by molar-refractivity contribution is 7.93. The Morgan fingerprint density at radius 3 is 2.46 bits per heavy atom. The van der Waals surface area contributed by atoms with Gasteiger partial charge in [-0.15, -0.1) is 0 Å². The number of sulfonamides is 1. The van der Waals surface area contributed by atoms with Gasteiger partial charge in [0.1, 0.15) is 6.54 Å². The molecule has 0 unspecified atom stereocenters. The Kier molecular flexibility index (Phi) is 6.63. The molecule has 0 amide bonds. The summed E-state index contributed by atoms with van der Waals surface area (Å²) < 4.78 is 32.4. The van der Waals surface area contributed by atoms with Gasteiger partial charge in [0.2, 0.25) is 0 Å². The van der Waals surface area contributed by atoms with Crippen LogP contribution in [0.3, 0.4) is 0 Å². The first kappa shape index (κ1) is 21.6. The minimum absolute atomic E-state index is 0.140. The van der Waals surface area contributed by atoms with Crippen molar-refractivity contribution in [1.29, 1.82) is 0 Å². The van der Waals surface area contributed by atoms with Gasteiger partial charge in [0.25, 0.3) is 15.7 Å². The SMILES string of the molecule is Cc1cc(N(CC(=O)OC(C)C)S(=O)(=O)c2ccccc2[N+](=O)[O-])ccc1Cl. The first-order valence-corrected chi connectivity index (χ1v) is 10.1. The fourth-order valence-electron chi connectivity index (χ4n) is 2.46. The zero-order valence-electron chi connectivity index (χ0n) is 15.5. The number of rotatable bonds is 7. The summed E-state index contributed by atoms with van der Waals surface area (Å²) in [5.41, 5.74) is 0.135. The van der Waals surface area contributed by atoms with E-state index in [9.17, 15) is 23.3 Å². The summed E-state index contributed by atoms with van der Waals surface area (Å²) in [6.45, 7) is 4.29. The molecule has 2 aromatic carbocycles. The van der Waals surface area contributed by atoms with Crippen molar-refractivity contribution in [2.24, 2.45) is 0 Å². The number of esters is 1. The zero-order chi connectivity index (χ0) is 21.1. The molecule has 0 aliphatic rings. The van der Waals surface area contributed by atoms with E-state index in [0.717, 1.165) is 16.4 Å². The van der Waals surface area contributed by atoms with Gasteiger partial charge in [0.15, 0.2) is 4.90 Å². The maximum atomic E-state index is 13.3. The number of para-hydroxylation sites is 1. The van der Waals surface area contributed by atoms with Crippen LogP contribution in [-0.2, 0) is 19.6 Å². The summed E-state index contributed by atoms with van der Waals surface area (Å²) in [4.78, 5) is 22.2. The summed E-state index contributed by atoms with van der Waals surface area (Å²) in [5.74, 6) is -0.787. The van der Waals surface area contributed by atoms with Crippen LogP contribution in [-0.4, -0.2) is 32.0 Å². The van der Waals surface area contributed by atoms with E-state index in [4.69, 9.17) is 16.3 Å². The van der Waals surface area contributed by atoms with Crippen molar-refractivity contribution in [3.8, 4) is 0 Å². The average molecular weight is 427 g/mol. The fraction of sp³-hybridized carbons (Fsp3) is 0.278. The number of anilines is 1. The van der Waals surface area contributed by atoms with E-state index in [-0.39, 0.29) is 5.69 Å². The standard InChI is InChI=1S/C18H19ClN2O6S/c1-12(2)27-18(22)11-20(14-8-9-15(19)13(3)10-14)28(25,26)17-7-5-4-6-16(17)21(23)24/h4-10,12H,11H2,1-3H3. The number of carbonyl (C=O) groups excluding carboxylic acids is 1. The van der Waals surface area contributed by atoms with Crippen LogP contribution in [0.2, 0.25) is 5.02 Å². The normalized spacial score (nSPS) is 11.3. The lowest BCUT2D eigenvalue weighted by molar-refractivity contribution is -0.387. The number of hydrogen-bond donors (Lipinski definition) is 0. The molecule has 0 aromatic heterocycles. The predicted octanol–water partition coefficient (Wildman–Crippen LogP) is 3.70. The summed E-state index contributed by atoms with van der Waals surface area (Å²) in [6, 6.07) is 9.34. The Morgan fingerprint density at radius 2 is 1.89 bits per heavy atom. The number of hydrogen-bond acceptors (Lipinski definition) is 6. The van der Waals surface area contributed by atoms with Crippen molar-refractivity contribution in [3.63, 3.8) is 0 Å². The molecular formula is C18H19ClN2O6S. The number of nitro groups is 1. The van der Waals surface area contributed by atoms with Crippen molar-refractivity contribution in [1.82, 2.24) is 0 Å². The molecular weight excluding hydrogens is 408 g/mol. The van der Waals surface area contributed by atoms with Crippen molar-refractivity contribution in [3.05, 3.63) is 63.2 Å². The van der Waals surface area contributed by atoms with Crippen LogP contribution < -0.4 is 4.31 Å². The topological polar surface area (TPSA) is 107 Å². The van der Waals surface area contributed by atoms with E-state index >= 15 is 0 Å². The van der Waals surface area contributed by atoms with Crippen molar-refractivity contribution in [2.45, 2.75) is 31.8 Å². The molecule has 2 rings (SSSR count). The predicted molar refractivity (Wildman–Crippen MR) is 105 cm³/mol. The Balaban J connectivity index is 2.61. The third kappa shape index (κ3) is 4.79. The number of halogens is 1. The molecule has 0 saturated carbocycles. The number of aryl methyl sites for hydroxylation is 1. The number of ether oxygens (including phenoxy) is 1. The van der Waals surface area contributed by atoms with E-state index in [1.54, 1.807) is 20.8 Å². The maximum Gasteiger partial charge on any atom is 0.327 e. The average Bonchev–Trinajstić information content (AvgIpc) is 2.61. The van der Waals surface area contributed by atoms with Gasteiger partial charge in [0.05, 0.1) is 16.7 Å². The van der Waals surface area contributed by atoms with Gasteiger partial charge in [-0.05, 0) is 50.6 Å². The number of benzene rings is 2. The van der Waals surface area contributed by atoms with Gasteiger partial charge in [-0.3, -0.25) is 19.2 Å². The first-order valence-electron chi connectivity index (χ1n) is 8.26. The number of carbonyl (C=O) groups is 1. The van der Waals surface area contributed by atoms with Gasteiger partial charge >= 0.3 is 5.97 Å². The van der Waals surface area contributed by atoms with Crippen LogP contribution in [0.1, 0.15) is 19.4 Å². The molecule has 0 N–H and O–H groups in total. The third-order valence-electron chi connectivity index (χ3n) is 3.70. The molecule has 10 heteroatoms. The molecule has 8 nitrogen and oxygen atoms in total. The molecule has 0 bridgehead atoms. The molecule has 0 radical (unpaired) electrons. The van der Waals surface area contributed by atoms with Crippen LogP contribution in [0.5, 0.6) is 0 Å². The second-order valence-electron chi connectivity index (χ2n) is 6.21. The van der Waals surface area contributed by atoms with Crippen LogP contribution in [0.15, 0.2) is 47.4 Å². The van der Waals surface area contributed by atoms with Crippen molar-refractivity contribution >= 4 is 39.0 Å². The van der Waals surface area contributed by atoms with Gasteiger partial charge in [0, 0.05) is 11.1 Å². The maximum absolute atomic E-state index is 13.3. The second-order valence-corrected chi connectivity index (χ2v) is 8.45. The smallest absolute Gasteiger partial charge is 0.327 e. The minimum Gasteiger partial charge on any atom is -0.462 e. The highest BCUT2D eigenvalue weighted by atomic mass is 35.5. The molecule has 28 heavy (non-hydrogen) atoms. The molecule has 0 saturated heterocycles. The largest absolute Gasteiger partial charge is 0.462 e. The summed E-state index contributed by atoms with van der Waals surface area (Å²) >= 11 is 6.01. The Bertz CT molecular complexity index is 1010. The Labute approximate surface area is 167 Å². The summed E-state index contributed by atoms with van der Waals surface area (Å²) in [6.07, 6.45) is -0.449. The third-order valence-corrected chi connectivity index (χ3v) is 5.94. The van der Waals surface area contributed by atoms with Crippen LogP contribution >= 0.6 is 11.6 Å². The van der Waals surface area contributed by atoms with Crippen molar-refractivity contribution in [2.75, 3.05) is 10.8 Å². The summed E-state index contributed by atoms with van der Waals surface area (Å²) in [5, 5.41) is 11.7. The Morgan fingerprint density at radius 1 is 1.25 bits per heavy atom. The molecule has 2 aromatic rings. The molecule has 0 aliphatic carbocycles. The highest BCUT2D eigenvalue weighted by Gasteiger charge is 2.33. The van der Waals surface area contributed by atoms with E-state index < -0.39 is 44.1 Å². The number of nitro benzene ring substituents is 1. The van der Waals surface area contributed by atoms with Gasteiger partial charge in [-0.2, -0.15) is 0 Å². The molecule has 0 aliphatic heterocycles. The molecule has 0 atom stereocenters. The quantitative estimate of drug-likeness (QED) is 0.379. The lowest BCUT2D eigenvalue weighted by Gasteiger charge is -2.24. The highest BCUT2D eigenvalue weighted by Crippen LogP contribution is 2.31. The monoisotopic (exact) mass is 426 g/mol. The zero-order valence-corrected chi connectivity index (χ0v) is 17.0. The number of nitrogens with zero attached hydrogens (tertiary/aromatic N) is 2. The van der Waals surface area contributed by atoms with E-state index in [1.165, 1.54) is 30.3 Å². The molecule has 150 valence electrons. The lowest BCUT2D eigenvalue weighted by atomic mass is 10.2.